The summed E-state index contributed by atoms with van der Waals surface area (Å²) in [5.41, 5.74) is -1.10. The molecule has 5 nitrogen and oxygen atoms in total. The van der Waals surface area contributed by atoms with Crippen molar-refractivity contribution in [3.8, 4) is 0 Å². The molecule has 0 radical (unpaired) electrons. The number of pyridine rings is 1. The summed E-state index contributed by atoms with van der Waals surface area (Å²) >= 11 is 0. The van der Waals surface area contributed by atoms with Gasteiger partial charge in [0.05, 0.1) is 11.9 Å². The molecule has 3 aromatic rings. The van der Waals surface area contributed by atoms with Gasteiger partial charge in [-0.2, -0.15) is 13.2 Å². The van der Waals surface area contributed by atoms with Crippen molar-refractivity contribution in [3.05, 3.63) is 74.1 Å². The van der Waals surface area contributed by atoms with E-state index in [1.54, 1.807) is 12.1 Å². The second-order valence-corrected chi connectivity index (χ2v) is 5.79. The van der Waals surface area contributed by atoms with Gasteiger partial charge in [-0.15, -0.1) is 0 Å². The predicted octanol–water partition coefficient (Wildman–Crippen LogP) is 2.47. The Kier molecular flexibility index (Phi) is 3.98. The van der Waals surface area contributed by atoms with E-state index in [-0.39, 0.29) is 17.6 Å². The summed E-state index contributed by atoms with van der Waals surface area (Å²) in [6.07, 6.45) is -4.65. The van der Waals surface area contributed by atoms with Crippen molar-refractivity contribution >= 4 is 11.0 Å². The third-order valence-electron chi connectivity index (χ3n) is 3.90. The standard InChI is InChI=1S/C17H14F3N3O2/c1-10-4-3-5-11(8-10)9-23-15(24)12-6-7-13(17(18,19)20)21-14(12)22(2)16(23)25/h3-8H,9H2,1-2H3. The lowest BCUT2D eigenvalue weighted by molar-refractivity contribution is -0.141. The van der Waals surface area contributed by atoms with E-state index in [0.29, 0.717) is 0 Å². The number of aromatic nitrogens is 3. The minimum absolute atomic E-state index is 0.0319. The molecule has 0 aliphatic heterocycles. The summed E-state index contributed by atoms with van der Waals surface area (Å²) in [6.45, 7) is 1.91. The largest absolute Gasteiger partial charge is 0.433 e. The second-order valence-electron chi connectivity index (χ2n) is 5.79. The van der Waals surface area contributed by atoms with Gasteiger partial charge in [-0.1, -0.05) is 29.8 Å². The molecule has 130 valence electrons. The van der Waals surface area contributed by atoms with Gasteiger partial charge in [0, 0.05) is 7.05 Å². The molecule has 0 amide bonds. The molecular formula is C17H14F3N3O2. The fraction of sp³-hybridized carbons (Fsp3) is 0.235. The van der Waals surface area contributed by atoms with Gasteiger partial charge in [0.1, 0.15) is 11.3 Å². The van der Waals surface area contributed by atoms with Crippen molar-refractivity contribution in [2.75, 3.05) is 0 Å². The number of benzene rings is 1. The molecular weight excluding hydrogens is 335 g/mol. The zero-order valence-electron chi connectivity index (χ0n) is 13.5. The smallest absolute Gasteiger partial charge is 0.280 e. The summed E-state index contributed by atoms with van der Waals surface area (Å²) in [4.78, 5) is 28.5. The van der Waals surface area contributed by atoms with Crippen LogP contribution in [0.2, 0.25) is 0 Å². The fourth-order valence-electron chi connectivity index (χ4n) is 2.67. The summed E-state index contributed by atoms with van der Waals surface area (Å²) in [7, 11) is 1.30. The highest BCUT2D eigenvalue weighted by Crippen LogP contribution is 2.28. The van der Waals surface area contributed by atoms with Crippen LogP contribution in [0.25, 0.3) is 11.0 Å². The number of aryl methyl sites for hydroxylation is 2. The first kappa shape index (κ1) is 16.9. The molecule has 2 aromatic heterocycles. The topological polar surface area (TPSA) is 56.9 Å². The van der Waals surface area contributed by atoms with Crippen molar-refractivity contribution in [1.82, 2.24) is 14.1 Å². The quantitative estimate of drug-likeness (QED) is 0.714. The molecule has 0 aliphatic carbocycles. The van der Waals surface area contributed by atoms with Gasteiger partial charge in [-0.3, -0.25) is 13.9 Å². The van der Waals surface area contributed by atoms with E-state index < -0.39 is 23.1 Å². The van der Waals surface area contributed by atoms with Crippen molar-refractivity contribution in [2.45, 2.75) is 19.6 Å². The van der Waals surface area contributed by atoms with Crippen LogP contribution in [0.1, 0.15) is 16.8 Å². The maximum atomic E-state index is 12.8. The Hall–Kier alpha value is -2.90. The number of hydrogen-bond acceptors (Lipinski definition) is 3. The highest BCUT2D eigenvalue weighted by molar-refractivity contribution is 5.74. The first-order valence-electron chi connectivity index (χ1n) is 7.42. The highest BCUT2D eigenvalue weighted by atomic mass is 19.4. The van der Waals surface area contributed by atoms with Crippen molar-refractivity contribution in [3.63, 3.8) is 0 Å². The number of halogens is 3. The Morgan fingerprint density at radius 1 is 1.12 bits per heavy atom. The molecule has 1 aromatic carbocycles. The van der Waals surface area contributed by atoms with Gasteiger partial charge < -0.3 is 0 Å². The highest BCUT2D eigenvalue weighted by Gasteiger charge is 2.33. The number of rotatable bonds is 2. The third-order valence-corrected chi connectivity index (χ3v) is 3.90. The van der Waals surface area contributed by atoms with Gasteiger partial charge in [-0.05, 0) is 24.6 Å². The third kappa shape index (κ3) is 3.07. The Morgan fingerprint density at radius 2 is 1.84 bits per heavy atom. The van der Waals surface area contributed by atoms with Crippen LogP contribution in [0.4, 0.5) is 13.2 Å². The molecule has 0 N–H and O–H groups in total. The van der Waals surface area contributed by atoms with Crippen molar-refractivity contribution < 1.29 is 13.2 Å². The Labute approximate surface area is 140 Å². The van der Waals surface area contributed by atoms with E-state index >= 15 is 0 Å². The van der Waals surface area contributed by atoms with Gasteiger partial charge >= 0.3 is 11.9 Å². The molecule has 3 rings (SSSR count). The van der Waals surface area contributed by atoms with E-state index in [4.69, 9.17) is 0 Å². The van der Waals surface area contributed by atoms with Crippen LogP contribution >= 0.6 is 0 Å². The first-order valence-corrected chi connectivity index (χ1v) is 7.42. The molecule has 0 bridgehead atoms. The summed E-state index contributed by atoms with van der Waals surface area (Å²) in [6, 6.07) is 9.09. The van der Waals surface area contributed by atoms with Crippen LogP contribution in [-0.2, 0) is 19.8 Å². The average molecular weight is 349 g/mol. The molecule has 0 fully saturated rings. The lowest BCUT2D eigenvalue weighted by Gasteiger charge is -2.12. The molecule has 0 saturated carbocycles. The SMILES string of the molecule is Cc1cccc(Cn2c(=O)c3ccc(C(F)(F)F)nc3n(C)c2=O)c1. The van der Waals surface area contributed by atoms with E-state index in [1.807, 2.05) is 19.1 Å². The van der Waals surface area contributed by atoms with Crippen LogP contribution in [0.3, 0.4) is 0 Å². The van der Waals surface area contributed by atoms with Crippen molar-refractivity contribution in [1.29, 1.82) is 0 Å². The minimum Gasteiger partial charge on any atom is -0.280 e. The molecule has 2 heterocycles. The molecule has 0 aliphatic rings. The molecule has 8 heteroatoms. The van der Waals surface area contributed by atoms with Crippen LogP contribution in [-0.4, -0.2) is 14.1 Å². The number of alkyl halides is 3. The van der Waals surface area contributed by atoms with E-state index in [9.17, 15) is 22.8 Å². The Bertz CT molecular complexity index is 1080. The summed E-state index contributed by atoms with van der Waals surface area (Å²) < 4.78 is 40.4. The van der Waals surface area contributed by atoms with Gasteiger partial charge in [0.2, 0.25) is 0 Å². The van der Waals surface area contributed by atoms with Crippen molar-refractivity contribution in [2.24, 2.45) is 7.05 Å². The minimum atomic E-state index is -4.65. The zero-order valence-corrected chi connectivity index (χ0v) is 13.5. The second kappa shape index (κ2) is 5.87. The maximum absolute atomic E-state index is 12.8. The Balaban J connectivity index is 2.22. The van der Waals surface area contributed by atoms with Crippen LogP contribution in [0.15, 0.2) is 46.0 Å². The number of nitrogens with zero attached hydrogens (tertiary/aromatic N) is 3. The Morgan fingerprint density at radius 3 is 2.48 bits per heavy atom. The predicted molar refractivity (Wildman–Crippen MR) is 86.5 cm³/mol. The van der Waals surface area contributed by atoms with Crippen LogP contribution in [0, 0.1) is 6.92 Å². The molecule has 0 atom stereocenters. The zero-order chi connectivity index (χ0) is 18.4. The van der Waals surface area contributed by atoms with Crippen LogP contribution in [0.5, 0.6) is 0 Å². The van der Waals surface area contributed by atoms with E-state index in [2.05, 4.69) is 4.98 Å². The summed E-state index contributed by atoms with van der Waals surface area (Å²) in [5, 5.41) is -0.0391. The van der Waals surface area contributed by atoms with Gasteiger partial charge in [-0.25, -0.2) is 9.78 Å². The number of hydrogen-bond donors (Lipinski definition) is 0. The molecule has 0 saturated heterocycles. The number of fused-ring (bicyclic) bond motifs is 1. The lowest BCUT2D eigenvalue weighted by Crippen LogP contribution is -2.39. The monoisotopic (exact) mass is 349 g/mol. The van der Waals surface area contributed by atoms with E-state index in [1.165, 1.54) is 7.05 Å². The first-order chi connectivity index (χ1) is 11.7. The summed E-state index contributed by atoms with van der Waals surface area (Å²) in [5.74, 6) is 0. The molecule has 0 spiro atoms. The molecule has 25 heavy (non-hydrogen) atoms. The fourth-order valence-corrected chi connectivity index (χ4v) is 2.67. The maximum Gasteiger partial charge on any atom is 0.433 e. The van der Waals surface area contributed by atoms with E-state index in [0.717, 1.165) is 32.4 Å². The van der Waals surface area contributed by atoms with Crippen LogP contribution < -0.4 is 11.2 Å². The average Bonchev–Trinajstić information content (AvgIpc) is 2.55. The van der Waals surface area contributed by atoms with Gasteiger partial charge in [0.15, 0.2) is 0 Å². The normalized spacial score (nSPS) is 11.9. The van der Waals surface area contributed by atoms with Gasteiger partial charge in [0.25, 0.3) is 5.56 Å². The molecule has 0 unspecified atom stereocenters. The lowest BCUT2D eigenvalue weighted by atomic mass is 10.1.